The first-order valence-electron chi connectivity index (χ1n) is 5.61. The summed E-state index contributed by atoms with van der Waals surface area (Å²) in [4.78, 5) is 0. The average Bonchev–Trinajstić information content (AvgIpc) is 2.68. The number of hydrogen-bond acceptors (Lipinski definition) is 1. The van der Waals surface area contributed by atoms with Gasteiger partial charge in [0.25, 0.3) is 0 Å². The molecule has 1 aliphatic rings. The Morgan fingerprint density at radius 1 is 0.765 bits per heavy atom. The minimum atomic E-state index is 0. The highest BCUT2D eigenvalue weighted by atomic mass is 35.5. The molecule has 0 atom stereocenters. The average molecular weight is 248 g/mol. The molecule has 2 heteroatoms. The molecule has 2 aromatic rings. The Labute approximate surface area is 109 Å². The van der Waals surface area contributed by atoms with Gasteiger partial charge in [-0.25, -0.2) is 0 Å². The van der Waals surface area contributed by atoms with Crippen molar-refractivity contribution in [2.45, 2.75) is 6.42 Å². The highest BCUT2D eigenvalue weighted by molar-refractivity contribution is 5.85. The summed E-state index contributed by atoms with van der Waals surface area (Å²) in [7, 11) is 3.75. The molecule has 1 N–H and O–H groups in total. The van der Waals surface area contributed by atoms with Crippen molar-refractivity contribution >= 4 is 12.4 Å². The van der Waals surface area contributed by atoms with Crippen molar-refractivity contribution in [1.29, 1.82) is 0 Å². The minimum absolute atomic E-state index is 0. The minimum Gasteiger partial charge on any atom is -0.323 e. The maximum absolute atomic E-state index is 2.75. The molecule has 0 saturated heterocycles. The zero-order valence-electron chi connectivity index (χ0n) is 10.2. The van der Waals surface area contributed by atoms with Gasteiger partial charge in [0.05, 0.1) is 0 Å². The topological polar surface area (TPSA) is 12.0 Å². The van der Waals surface area contributed by atoms with E-state index in [1.807, 2.05) is 14.1 Å². The highest BCUT2D eigenvalue weighted by Gasteiger charge is 2.15. The van der Waals surface area contributed by atoms with E-state index in [0.29, 0.717) is 0 Å². The molecule has 0 amide bonds. The maximum Gasteiger partial charge on any atom is -0.00135 e. The van der Waals surface area contributed by atoms with Crippen LogP contribution in [0.4, 0.5) is 0 Å². The van der Waals surface area contributed by atoms with E-state index in [9.17, 15) is 0 Å². The molecule has 0 fully saturated rings. The lowest BCUT2D eigenvalue weighted by atomic mass is 10.1. The fourth-order valence-corrected chi connectivity index (χ4v) is 2.08. The summed E-state index contributed by atoms with van der Waals surface area (Å²) in [5.74, 6) is 0. The predicted octanol–water partition coefficient (Wildman–Crippen LogP) is 3.52. The van der Waals surface area contributed by atoms with Gasteiger partial charge in [-0.3, -0.25) is 0 Å². The van der Waals surface area contributed by atoms with E-state index in [0.717, 1.165) is 6.42 Å². The predicted molar refractivity (Wildman–Crippen MR) is 76.9 cm³/mol. The standard InChI is InChI=1S/C13H10.C2H7N.ClH/c1-3-7-12-10(5-1)9-11-6-2-4-8-13(11)12;1-3-2;/h1-8H,9H2;3H,1-2H3;1H. The molecular formula is C15H18ClN. The molecule has 0 spiro atoms. The number of nitrogens with one attached hydrogen (secondary N) is 1. The lowest BCUT2D eigenvalue weighted by Crippen LogP contribution is -1.89. The summed E-state index contributed by atoms with van der Waals surface area (Å²) >= 11 is 0. The number of hydrogen-bond donors (Lipinski definition) is 1. The smallest absolute Gasteiger partial charge is 0.00135 e. The first-order valence-corrected chi connectivity index (χ1v) is 5.61. The Balaban J connectivity index is 0.000000331. The molecule has 0 heterocycles. The van der Waals surface area contributed by atoms with Crippen LogP contribution >= 0.6 is 12.4 Å². The summed E-state index contributed by atoms with van der Waals surface area (Å²) in [6, 6.07) is 17.3. The maximum atomic E-state index is 2.75. The third-order valence-electron chi connectivity index (χ3n) is 2.71. The van der Waals surface area contributed by atoms with Crippen molar-refractivity contribution < 1.29 is 0 Å². The Morgan fingerprint density at radius 2 is 1.12 bits per heavy atom. The summed E-state index contributed by atoms with van der Waals surface area (Å²) < 4.78 is 0. The van der Waals surface area contributed by atoms with Crippen molar-refractivity contribution in [2.24, 2.45) is 0 Å². The van der Waals surface area contributed by atoms with E-state index in [1.165, 1.54) is 22.3 Å². The molecule has 0 bridgehead atoms. The van der Waals surface area contributed by atoms with Crippen molar-refractivity contribution in [3.05, 3.63) is 59.7 Å². The lowest BCUT2D eigenvalue weighted by Gasteiger charge is -1.98. The van der Waals surface area contributed by atoms with E-state index in [-0.39, 0.29) is 12.4 Å². The molecule has 17 heavy (non-hydrogen) atoms. The summed E-state index contributed by atoms with van der Waals surface area (Å²) in [5, 5.41) is 2.75. The van der Waals surface area contributed by atoms with Crippen LogP contribution in [0.5, 0.6) is 0 Å². The highest BCUT2D eigenvalue weighted by Crippen LogP contribution is 2.35. The number of fused-ring (bicyclic) bond motifs is 3. The second kappa shape index (κ2) is 6.43. The van der Waals surface area contributed by atoms with Gasteiger partial charge in [-0.05, 0) is 42.8 Å². The fraction of sp³-hybridized carbons (Fsp3) is 0.200. The Bertz CT molecular complexity index is 436. The summed E-state index contributed by atoms with van der Waals surface area (Å²) in [6.45, 7) is 0. The van der Waals surface area contributed by atoms with Crippen molar-refractivity contribution in [3.63, 3.8) is 0 Å². The molecule has 0 unspecified atom stereocenters. The van der Waals surface area contributed by atoms with Crippen LogP contribution in [0.2, 0.25) is 0 Å². The van der Waals surface area contributed by atoms with Gasteiger partial charge in [0.2, 0.25) is 0 Å². The van der Waals surface area contributed by atoms with Gasteiger partial charge in [-0.2, -0.15) is 0 Å². The second-order valence-corrected chi connectivity index (χ2v) is 3.99. The molecular weight excluding hydrogens is 230 g/mol. The largest absolute Gasteiger partial charge is 0.323 e. The number of rotatable bonds is 0. The van der Waals surface area contributed by atoms with Crippen molar-refractivity contribution in [1.82, 2.24) is 5.32 Å². The molecule has 3 rings (SSSR count). The van der Waals surface area contributed by atoms with E-state index >= 15 is 0 Å². The van der Waals surface area contributed by atoms with Crippen LogP contribution < -0.4 is 5.32 Å². The first-order chi connectivity index (χ1) is 7.86. The van der Waals surface area contributed by atoms with E-state index in [2.05, 4.69) is 53.8 Å². The van der Waals surface area contributed by atoms with Crippen LogP contribution in [0.25, 0.3) is 11.1 Å². The molecule has 0 aromatic heterocycles. The molecule has 1 aliphatic carbocycles. The van der Waals surface area contributed by atoms with Crippen LogP contribution in [0.3, 0.4) is 0 Å². The summed E-state index contributed by atoms with van der Waals surface area (Å²) in [5.41, 5.74) is 5.75. The molecule has 2 aromatic carbocycles. The Morgan fingerprint density at radius 3 is 1.53 bits per heavy atom. The number of halogens is 1. The fourth-order valence-electron chi connectivity index (χ4n) is 2.08. The van der Waals surface area contributed by atoms with Crippen LogP contribution in [0.1, 0.15) is 11.1 Å². The third kappa shape index (κ3) is 2.87. The molecule has 1 nitrogen and oxygen atoms in total. The molecule has 0 saturated carbocycles. The normalized spacial score (nSPS) is 10.5. The number of benzene rings is 2. The van der Waals surface area contributed by atoms with Crippen LogP contribution in [-0.2, 0) is 6.42 Å². The van der Waals surface area contributed by atoms with E-state index < -0.39 is 0 Å². The first kappa shape index (κ1) is 13.8. The lowest BCUT2D eigenvalue weighted by molar-refractivity contribution is 1.02. The summed E-state index contributed by atoms with van der Waals surface area (Å²) in [6.07, 6.45) is 1.10. The van der Waals surface area contributed by atoms with Crippen molar-refractivity contribution in [2.75, 3.05) is 14.1 Å². The zero-order chi connectivity index (χ0) is 11.4. The Hall–Kier alpha value is -1.31. The molecule has 0 aliphatic heterocycles. The molecule has 0 radical (unpaired) electrons. The van der Waals surface area contributed by atoms with Gasteiger partial charge in [0, 0.05) is 0 Å². The van der Waals surface area contributed by atoms with E-state index in [4.69, 9.17) is 0 Å². The van der Waals surface area contributed by atoms with Gasteiger partial charge in [0.1, 0.15) is 0 Å². The van der Waals surface area contributed by atoms with Gasteiger partial charge in [-0.1, -0.05) is 48.5 Å². The van der Waals surface area contributed by atoms with Crippen LogP contribution in [0.15, 0.2) is 48.5 Å². The zero-order valence-corrected chi connectivity index (χ0v) is 11.1. The Kier molecular flexibility index (Phi) is 5.20. The third-order valence-corrected chi connectivity index (χ3v) is 2.71. The SMILES string of the molecule is CNC.Cl.c1ccc2c(c1)Cc1ccccc1-2. The van der Waals surface area contributed by atoms with E-state index in [1.54, 1.807) is 0 Å². The van der Waals surface area contributed by atoms with Crippen molar-refractivity contribution in [3.8, 4) is 11.1 Å². The molecule has 90 valence electrons. The van der Waals surface area contributed by atoms with Gasteiger partial charge >= 0.3 is 0 Å². The van der Waals surface area contributed by atoms with Gasteiger partial charge in [-0.15, -0.1) is 12.4 Å². The van der Waals surface area contributed by atoms with Gasteiger partial charge < -0.3 is 5.32 Å². The monoisotopic (exact) mass is 247 g/mol. The second-order valence-electron chi connectivity index (χ2n) is 3.99. The van der Waals surface area contributed by atoms with Gasteiger partial charge in [0.15, 0.2) is 0 Å². The van der Waals surface area contributed by atoms with Crippen LogP contribution in [-0.4, -0.2) is 14.1 Å². The van der Waals surface area contributed by atoms with Crippen LogP contribution in [0, 0.1) is 0 Å². The quantitative estimate of drug-likeness (QED) is 0.641.